The number of alkyl halides is 2. The van der Waals surface area contributed by atoms with E-state index in [1.54, 1.807) is 6.92 Å². The lowest BCUT2D eigenvalue weighted by Crippen LogP contribution is -2.25. The van der Waals surface area contributed by atoms with Crippen molar-refractivity contribution in [2.75, 3.05) is 0 Å². The second-order valence-corrected chi connectivity index (χ2v) is 7.21. The van der Waals surface area contributed by atoms with Crippen molar-refractivity contribution in [2.45, 2.75) is 39.2 Å². The fourth-order valence-electron chi connectivity index (χ4n) is 3.37. The summed E-state index contributed by atoms with van der Waals surface area (Å²) in [5.74, 6) is -8.12. The lowest BCUT2D eigenvalue weighted by Gasteiger charge is -2.21. The molecule has 0 aliphatic heterocycles. The zero-order valence-electron chi connectivity index (χ0n) is 17.3. The van der Waals surface area contributed by atoms with Crippen molar-refractivity contribution in [3.8, 4) is 22.6 Å². The number of aromatic hydroxyl groups is 1. The second-order valence-electron chi connectivity index (χ2n) is 7.21. The van der Waals surface area contributed by atoms with Crippen LogP contribution in [0.1, 0.15) is 37.0 Å². The molecule has 0 heterocycles. The van der Waals surface area contributed by atoms with Crippen LogP contribution >= 0.6 is 0 Å². The molecule has 1 N–H and O–H groups in total. The Hall–Kier alpha value is -3.16. The van der Waals surface area contributed by atoms with Gasteiger partial charge in [-0.05, 0) is 36.1 Å². The topological polar surface area (TPSA) is 29.5 Å². The highest BCUT2D eigenvalue weighted by molar-refractivity contribution is 5.73. The van der Waals surface area contributed by atoms with Crippen molar-refractivity contribution in [2.24, 2.45) is 0 Å². The molecule has 0 unspecified atom stereocenters. The van der Waals surface area contributed by atoms with Crippen molar-refractivity contribution < 1.29 is 36.2 Å². The number of rotatable bonds is 7. The summed E-state index contributed by atoms with van der Waals surface area (Å²) in [6.07, 6.45) is -3.18. The van der Waals surface area contributed by atoms with Crippen LogP contribution in [0.25, 0.3) is 11.1 Å². The van der Waals surface area contributed by atoms with Gasteiger partial charge in [-0.25, -0.2) is 17.6 Å². The van der Waals surface area contributed by atoms with Gasteiger partial charge in [-0.2, -0.15) is 8.78 Å². The molecule has 2 nitrogen and oxygen atoms in total. The van der Waals surface area contributed by atoms with Crippen LogP contribution < -0.4 is 4.74 Å². The zero-order chi connectivity index (χ0) is 23.6. The highest BCUT2D eigenvalue weighted by Crippen LogP contribution is 2.43. The Bertz CT molecular complexity index is 1130. The number of halogens is 6. The van der Waals surface area contributed by atoms with E-state index in [-0.39, 0.29) is 23.8 Å². The van der Waals surface area contributed by atoms with Gasteiger partial charge in [0.1, 0.15) is 22.9 Å². The van der Waals surface area contributed by atoms with Gasteiger partial charge in [-0.1, -0.05) is 44.5 Å². The van der Waals surface area contributed by atoms with Crippen LogP contribution in [-0.2, 0) is 19.0 Å². The Labute approximate surface area is 181 Å². The summed E-state index contributed by atoms with van der Waals surface area (Å²) in [5.41, 5.74) is -2.91. The number of ether oxygens (including phenoxy) is 1. The monoisotopic (exact) mass is 454 g/mol. The maximum Gasteiger partial charge on any atom is 0.432 e. The smallest absolute Gasteiger partial charge is 0.432 e. The molecule has 3 aromatic rings. The summed E-state index contributed by atoms with van der Waals surface area (Å²) in [7, 11) is 0. The third-order valence-corrected chi connectivity index (χ3v) is 5.02. The molecule has 0 aliphatic rings. The minimum absolute atomic E-state index is 0.000160. The third kappa shape index (κ3) is 4.40. The molecular formula is C24H20F6O2. The van der Waals surface area contributed by atoms with E-state index in [1.165, 1.54) is 24.3 Å². The Morgan fingerprint density at radius 1 is 0.875 bits per heavy atom. The average Bonchev–Trinajstić information content (AvgIpc) is 2.72. The van der Waals surface area contributed by atoms with Gasteiger partial charge in [0.2, 0.25) is 0 Å². The van der Waals surface area contributed by atoms with Gasteiger partial charge in [0.05, 0.1) is 5.56 Å². The van der Waals surface area contributed by atoms with E-state index in [0.717, 1.165) is 17.7 Å². The van der Waals surface area contributed by atoms with Gasteiger partial charge in [0, 0.05) is 11.6 Å². The van der Waals surface area contributed by atoms with Crippen molar-refractivity contribution in [1.29, 1.82) is 0 Å². The standard InChI is InChI=1S/C24H20F6O2/c1-3-5-14-8-11-16(22(27)21(14)26)19-18(31)12-17(25)20(23(19)28)24(29,30)32-15-9-6-13(4-2)7-10-15/h6-12,31H,3-5H2,1-2H3. The molecular weight excluding hydrogens is 434 g/mol. The summed E-state index contributed by atoms with van der Waals surface area (Å²) >= 11 is 0. The van der Waals surface area contributed by atoms with Crippen LogP contribution in [0.5, 0.6) is 11.5 Å². The van der Waals surface area contributed by atoms with Crippen molar-refractivity contribution >= 4 is 0 Å². The molecule has 0 amide bonds. The van der Waals surface area contributed by atoms with Crippen molar-refractivity contribution in [1.82, 2.24) is 0 Å². The van der Waals surface area contributed by atoms with E-state index >= 15 is 4.39 Å². The van der Waals surface area contributed by atoms with E-state index in [9.17, 15) is 27.1 Å². The lowest BCUT2D eigenvalue weighted by atomic mass is 9.97. The van der Waals surface area contributed by atoms with E-state index < -0.39 is 51.8 Å². The quantitative estimate of drug-likeness (QED) is 0.381. The van der Waals surface area contributed by atoms with Crippen LogP contribution in [0.4, 0.5) is 26.3 Å². The van der Waals surface area contributed by atoms with Gasteiger partial charge in [-0.3, -0.25) is 0 Å². The maximum atomic E-state index is 15.1. The molecule has 0 saturated heterocycles. The van der Waals surface area contributed by atoms with E-state index in [0.29, 0.717) is 12.8 Å². The molecule has 32 heavy (non-hydrogen) atoms. The molecule has 3 rings (SSSR count). The molecule has 0 aromatic heterocycles. The Balaban J connectivity index is 2.11. The fourth-order valence-corrected chi connectivity index (χ4v) is 3.37. The van der Waals surface area contributed by atoms with Crippen molar-refractivity contribution in [3.05, 3.63) is 82.4 Å². The predicted molar refractivity (Wildman–Crippen MR) is 108 cm³/mol. The molecule has 8 heteroatoms. The van der Waals surface area contributed by atoms with E-state index in [4.69, 9.17) is 0 Å². The van der Waals surface area contributed by atoms with Crippen LogP contribution in [0.3, 0.4) is 0 Å². The molecule has 170 valence electrons. The van der Waals surface area contributed by atoms with Crippen LogP contribution in [0, 0.1) is 23.3 Å². The summed E-state index contributed by atoms with van der Waals surface area (Å²) in [5, 5.41) is 10.00. The normalized spacial score (nSPS) is 11.6. The van der Waals surface area contributed by atoms with Crippen LogP contribution in [-0.4, -0.2) is 5.11 Å². The van der Waals surface area contributed by atoms with E-state index in [1.807, 2.05) is 6.92 Å². The average molecular weight is 454 g/mol. The Morgan fingerprint density at radius 3 is 2.12 bits per heavy atom. The molecule has 0 fully saturated rings. The third-order valence-electron chi connectivity index (χ3n) is 5.02. The first-order valence-corrected chi connectivity index (χ1v) is 9.95. The number of hydrogen-bond acceptors (Lipinski definition) is 2. The maximum absolute atomic E-state index is 15.1. The molecule has 0 bridgehead atoms. The lowest BCUT2D eigenvalue weighted by molar-refractivity contribution is -0.189. The number of phenolic OH excluding ortho intramolecular Hbond substituents is 1. The molecule has 0 radical (unpaired) electrons. The molecule has 0 atom stereocenters. The minimum atomic E-state index is -4.51. The first kappa shape index (κ1) is 23.5. The molecule has 0 spiro atoms. The van der Waals surface area contributed by atoms with Crippen LogP contribution in [0.15, 0.2) is 42.5 Å². The van der Waals surface area contributed by atoms with E-state index in [2.05, 4.69) is 4.74 Å². The largest absolute Gasteiger partial charge is 0.507 e. The number of phenols is 1. The van der Waals surface area contributed by atoms with Gasteiger partial charge in [0.15, 0.2) is 17.5 Å². The van der Waals surface area contributed by atoms with Gasteiger partial charge in [-0.15, -0.1) is 0 Å². The summed E-state index contributed by atoms with van der Waals surface area (Å²) in [6, 6.07) is 7.76. The number of hydrogen-bond donors (Lipinski definition) is 1. The van der Waals surface area contributed by atoms with Gasteiger partial charge >= 0.3 is 6.11 Å². The first-order valence-electron chi connectivity index (χ1n) is 9.95. The van der Waals surface area contributed by atoms with Gasteiger partial charge in [0.25, 0.3) is 0 Å². The molecule has 0 saturated carbocycles. The number of benzene rings is 3. The fraction of sp³-hybridized carbons (Fsp3) is 0.250. The summed E-state index contributed by atoms with van der Waals surface area (Å²) in [4.78, 5) is 0. The highest BCUT2D eigenvalue weighted by Gasteiger charge is 2.43. The first-order chi connectivity index (χ1) is 15.1. The predicted octanol–water partition coefficient (Wildman–Crippen LogP) is 7.26. The molecule has 3 aromatic carbocycles. The zero-order valence-corrected chi connectivity index (χ0v) is 17.3. The Kier molecular flexibility index (Phi) is 6.71. The second kappa shape index (κ2) is 9.14. The number of aryl methyl sites for hydroxylation is 2. The summed E-state index contributed by atoms with van der Waals surface area (Å²) in [6.45, 7) is 3.59. The minimum Gasteiger partial charge on any atom is -0.507 e. The highest BCUT2D eigenvalue weighted by atomic mass is 19.3. The van der Waals surface area contributed by atoms with Crippen molar-refractivity contribution in [3.63, 3.8) is 0 Å². The summed E-state index contributed by atoms with van der Waals surface area (Å²) < 4.78 is 92.5. The molecule has 0 aliphatic carbocycles. The SMILES string of the molecule is CCCc1ccc(-c2c(O)cc(F)c(C(F)(F)Oc3ccc(CC)cc3)c2F)c(F)c1F. The van der Waals surface area contributed by atoms with Crippen LogP contribution in [0.2, 0.25) is 0 Å². The Morgan fingerprint density at radius 2 is 1.53 bits per heavy atom. The van der Waals surface area contributed by atoms with Gasteiger partial charge < -0.3 is 9.84 Å².